The molecular weight excluding hydrogens is 362 g/mol. The standard InChI is InChI=1S/C24H23N3O2/c1-15(17-8-9-19-13-20(29-3)11-10-18(19)12-17)24(28)27-25-14-22-16(2)26-23-7-5-4-6-21(22)23/h4-15,26H,1-3H3,(H,27,28)/b25-14-/t15-/m0/s1. The van der Waals surface area contributed by atoms with E-state index in [0.29, 0.717) is 0 Å². The van der Waals surface area contributed by atoms with E-state index in [-0.39, 0.29) is 11.8 Å². The number of aryl methyl sites for hydroxylation is 1. The van der Waals surface area contributed by atoms with E-state index in [1.165, 1.54) is 0 Å². The molecule has 1 aromatic heterocycles. The number of aromatic nitrogens is 1. The first-order valence-electron chi connectivity index (χ1n) is 9.55. The highest BCUT2D eigenvalue weighted by atomic mass is 16.5. The highest BCUT2D eigenvalue weighted by Gasteiger charge is 2.15. The van der Waals surface area contributed by atoms with Crippen molar-refractivity contribution in [1.29, 1.82) is 0 Å². The van der Waals surface area contributed by atoms with Crippen LogP contribution in [0.25, 0.3) is 21.7 Å². The number of hydrogen-bond donors (Lipinski definition) is 2. The first-order chi connectivity index (χ1) is 14.1. The molecule has 0 radical (unpaired) electrons. The average molecular weight is 385 g/mol. The second-order valence-corrected chi connectivity index (χ2v) is 7.14. The molecule has 0 bridgehead atoms. The molecule has 0 unspecified atom stereocenters. The van der Waals surface area contributed by atoms with Crippen molar-refractivity contribution in [1.82, 2.24) is 10.4 Å². The number of nitrogens with one attached hydrogen (secondary N) is 2. The maximum atomic E-state index is 12.6. The summed E-state index contributed by atoms with van der Waals surface area (Å²) < 4.78 is 5.27. The van der Waals surface area contributed by atoms with Crippen molar-refractivity contribution in [2.24, 2.45) is 5.10 Å². The predicted molar refractivity (Wildman–Crippen MR) is 118 cm³/mol. The lowest BCUT2D eigenvalue weighted by atomic mass is 9.97. The van der Waals surface area contributed by atoms with Gasteiger partial charge in [0.1, 0.15) is 5.75 Å². The maximum absolute atomic E-state index is 12.6. The number of carbonyl (C=O) groups excluding carboxylic acids is 1. The lowest BCUT2D eigenvalue weighted by Crippen LogP contribution is -2.23. The van der Waals surface area contributed by atoms with Gasteiger partial charge < -0.3 is 9.72 Å². The Hall–Kier alpha value is -3.60. The zero-order valence-electron chi connectivity index (χ0n) is 16.7. The first kappa shape index (κ1) is 18.7. The summed E-state index contributed by atoms with van der Waals surface area (Å²) in [5.74, 6) is 0.354. The topological polar surface area (TPSA) is 66.5 Å². The molecule has 29 heavy (non-hydrogen) atoms. The molecule has 5 heteroatoms. The number of H-pyrrole nitrogens is 1. The molecule has 0 saturated heterocycles. The fraction of sp³-hybridized carbons (Fsp3) is 0.167. The predicted octanol–water partition coefficient (Wildman–Crippen LogP) is 4.89. The number of ether oxygens (including phenoxy) is 1. The van der Waals surface area contributed by atoms with E-state index in [9.17, 15) is 4.79 Å². The number of methoxy groups -OCH3 is 1. The summed E-state index contributed by atoms with van der Waals surface area (Å²) in [6.07, 6.45) is 1.70. The van der Waals surface area contributed by atoms with Crippen molar-refractivity contribution in [2.45, 2.75) is 19.8 Å². The van der Waals surface area contributed by atoms with Crippen molar-refractivity contribution >= 4 is 33.8 Å². The molecule has 1 atom stereocenters. The van der Waals surface area contributed by atoms with Crippen LogP contribution in [0.4, 0.5) is 0 Å². The van der Waals surface area contributed by atoms with Crippen LogP contribution in [0.1, 0.15) is 29.7 Å². The van der Waals surface area contributed by atoms with Crippen LogP contribution in [0.3, 0.4) is 0 Å². The Labute approximate surface area is 169 Å². The minimum atomic E-state index is -0.317. The highest BCUT2D eigenvalue weighted by molar-refractivity contribution is 6.01. The summed E-state index contributed by atoms with van der Waals surface area (Å²) in [4.78, 5) is 15.9. The summed E-state index contributed by atoms with van der Waals surface area (Å²) in [7, 11) is 1.65. The Bertz CT molecular complexity index is 1220. The monoisotopic (exact) mass is 385 g/mol. The maximum Gasteiger partial charge on any atom is 0.247 e. The van der Waals surface area contributed by atoms with Gasteiger partial charge in [-0.25, -0.2) is 5.43 Å². The zero-order valence-corrected chi connectivity index (χ0v) is 16.7. The normalized spacial score (nSPS) is 12.5. The lowest BCUT2D eigenvalue weighted by molar-refractivity contribution is -0.122. The lowest BCUT2D eigenvalue weighted by Gasteiger charge is -2.11. The van der Waals surface area contributed by atoms with Crippen molar-refractivity contribution in [2.75, 3.05) is 7.11 Å². The van der Waals surface area contributed by atoms with E-state index in [4.69, 9.17) is 4.74 Å². The molecule has 3 aromatic carbocycles. The van der Waals surface area contributed by atoms with E-state index in [1.807, 2.05) is 74.5 Å². The molecule has 0 aliphatic heterocycles. The summed E-state index contributed by atoms with van der Waals surface area (Å²) >= 11 is 0. The van der Waals surface area contributed by atoms with Crippen LogP contribution < -0.4 is 10.2 Å². The summed E-state index contributed by atoms with van der Waals surface area (Å²) in [5.41, 5.74) is 6.67. The molecule has 146 valence electrons. The van der Waals surface area contributed by atoms with Crippen molar-refractivity contribution in [3.05, 3.63) is 77.5 Å². The summed E-state index contributed by atoms with van der Waals surface area (Å²) in [5, 5.41) is 7.43. The average Bonchev–Trinajstić information content (AvgIpc) is 3.07. The smallest absolute Gasteiger partial charge is 0.247 e. The second kappa shape index (κ2) is 7.80. The van der Waals surface area contributed by atoms with Gasteiger partial charge in [0.05, 0.1) is 19.2 Å². The van der Waals surface area contributed by atoms with Gasteiger partial charge in [0.25, 0.3) is 0 Å². The van der Waals surface area contributed by atoms with Gasteiger partial charge in [0, 0.05) is 22.2 Å². The molecule has 1 heterocycles. The Balaban J connectivity index is 1.50. The second-order valence-electron chi connectivity index (χ2n) is 7.14. The van der Waals surface area contributed by atoms with E-state index in [2.05, 4.69) is 15.5 Å². The molecule has 0 aliphatic rings. The molecular formula is C24H23N3O2. The van der Waals surface area contributed by atoms with E-state index in [0.717, 1.165) is 44.2 Å². The first-order valence-corrected chi connectivity index (χ1v) is 9.55. The van der Waals surface area contributed by atoms with Crippen LogP contribution in [0, 0.1) is 6.92 Å². The summed E-state index contributed by atoms with van der Waals surface area (Å²) in [6, 6.07) is 20.0. The van der Waals surface area contributed by atoms with Gasteiger partial charge >= 0.3 is 0 Å². The van der Waals surface area contributed by atoms with Crippen LogP contribution in [0.15, 0.2) is 65.8 Å². The minimum absolute atomic E-state index is 0.147. The van der Waals surface area contributed by atoms with Gasteiger partial charge in [0.2, 0.25) is 5.91 Å². The van der Waals surface area contributed by atoms with Gasteiger partial charge in [-0.1, -0.05) is 42.5 Å². The Morgan fingerprint density at radius 2 is 1.86 bits per heavy atom. The molecule has 2 N–H and O–H groups in total. The molecule has 5 nitrogen and oxygen atoms in total. The third-order valence-corrected chi connectivity index (χ3v) is 5.28. The molecule has 0 fully saturated rings. The fourth-order valence-electron chi connectivity index (χ4n) is 3.51. The molecule has 0 spiro atoms. The minimum Gasteiger partial charge on any atom is -0.497 e. The molecule has 4 rings (SSSR count). The fourth-order valence-corrected chi connectivity index (χ4v) is 3.51. The highest BCUT2D eigenvalue weighted by Crippen LogP contribution is 2.25. The molecule has 4 aromatic rings. The van der Waals surface area contributed by atoms with Gasteiger partial charge in [-0.05, 0) is 48.4 Å². The number of aromatic amines is 1. The summed E-state index contributed by atoms with van der Waals surface area (Å²) in [6.45, 7) is 3.88. The van der Waals surface area contributed by atoms with Gasteiger partial charge in [-0.2, -0.15) is 5.10 Å². The number of carbonyl (C=O) groups is 1. The quantitative estimate of drug-likeness (QED) is 0.379. The number of hydrogen-bond acceptors (Lipinski definition) is 3. The van der Waals surface area contributed by atoms with Crippen LogP contribution in [-0.4, -0.2) is 24.2 Å². The van der Waals surface area contributed by atoms with Crippen LogP contribution in [0.2, 0.25) is 0 Å². The van der Waals surface area contributed by atoms with Crippen molar-refractivity contribution in [3.8, 4) is 5.75 Å². The van der Waals surface area contributed by atoms with E-state index in [1.54, 1.807) is 13.3 Å². The molecule has 0 saturated carbocycles. The van der Waals surface area contributed by atoms with Gasteiger partial charge in [-0.15, -0.1) is 0 Å². The number of amides is 1. The van der Waals surface area contributed by atoms with Crippen LogP contribution in [-0.2, 0) is 4.79 Å². The van der Waals surface area contributed by atoms with Crippen LogP contribution in [0.5, 0.6) is 5.75 Å². The third kappa shape index (κ3) is 3.72. The largest absolute Gasteiger partial charge is 0.497 e. The van der Waals surface area contributed by atoms with Crippen molar-refractivity contribution in [3.63, 3.8) is 0 Å². The Morgan fingerprint density at radius 3 is 2.69 bits per heavy atom. The number of fused-ring (bicyclic) bond motifs is 2. The van der Waals surface area contributed by atoms with Crippen molar-refractivity contribution < 1.29 is 9.53 Å². The Morgan fingerprint density at radius 1 is 1.10 bits per heavy atom. The van der Waals surface area contributed by atoms with Gasteiger partial charge in [0.15, 0.2) is 0 Å². The molecule has 0 aliphatic carbocycles. The number of hydrazone groups is 1. The molecule has 1 amide bonds. The van der Waals surface area contributed by atoms with E-state index < -0.39 is 0 Å². The van der Waals surface area contributed by atoms with Gasteiger partial charge in [-0.3, -0.25) is 4.79 Å². The Kier molecular flexibility index (Phi) is 5.04. The third-order valence-electron chi connectivity index (χ3n) is 5.28. The zero-order chi connectivity index (χ0) is 20.4. The number of nitrogens with zero attached hydrogens (tertiary/aromatic N) is 1. The number of para-hydroxylation sites is 1. The van der Waals surface area contributed by atoms with E-state index >= 15 is 0 Å². The SMILES string of the molecule is COc1ccc2cc([C@H](C)C(=O)N/N=C\c3c(C)[nH]c4ccccc34)ccc2c1. The van der Waals surface area contributed by atoms with Crippen LogP contribution >= 0.6 is 0 Å². The number of benzene rings is 3. The number of rotatable bonds is 5.